The zero-order chi connectivity index (χ0) is 12.3. The maximum Gasteiger partial charge on any atom is 0.128 e. The van der Waals surface area contributed by atoms with E-state index in [1.165, 1.54) is 5.56 Å². The van der Waals surface area contributed by atoms with E-state index in [2.05, 4.69) is 13.0 Å². The van der Waals surface area contributed by atoms with Gasteiger partial charge in [0.2, 0.25) is 0 Å². The number of fused-ring (bicyclic) bond motifs is 1. The molecule has 0 saturated heterocycles. The van der Waals surface area contributed by atoms with Gasteiger partial charge in [0.05, 0.1) is 12.7 Å². The summed E-state index contributed by atoms with van der Waals surface area (Å²) >= 11 is 0. The maximum atomic E-state index is 10.2. The Morgan fingerprint density at radius 2 is 2.29 bits per heavy atom. The van der Waals surface area contributed by atoms with Crippen molar-refractivity contribution in [3.63, 3.8) is 0 Å². The van der Waals surface area contributed by atoms with Gasteiger partial charge in [0, 0.05) is 25.7 Å². The van der Waals surface area contributed by atoms with Crippen molar-refractivity contribution in [2.24, 2.45) is 5.92 Å². The predicted octanol–water partition coefficient (Wildman–Crippen LogP) is 2.33. The smallest absolute Gasteiger partial charge is 0.128 e. The summed E-state index contributed by atoms with van der Waals surface area (Å²) in [6, 6.07) is 6.01. The fraction of sp³-hybridized carbons (Fsp3) is 0.571. The van der Waals surface area contributed by atoms with E-state index < -0.39 is 6.10 Å². The lowest BCUT2D eigenvalue weighted by molar-refractivity contribution is 0.100. The van der Waals surface area contributed by atoms with Gasteiger partial charge < -0.3 is 14.6 Å². The van der Waals surface area contributed by atoms with Gasteiger partial charge >= 0.3 is 0 Å². The van der Waals surface area contributed by atoms with Gasteiger partial charge in [-0.1, -0.05) is 25.1 Å². The Labute approximate surface area is 102 Å². The van der Waals surface area contributed by atoms with Crippen LogP contribution in [0.4, 0.5) is 0 Å². The van der Waals surface area contributed by atoms with Crippen LogP contribution in [0.3, 0.4) is 0 Å². The number of methoxy groups -OCH3 is 1. The molecule has 2 rings (SSSR count). The molecule has 1 aromatic carbocycles. The fourth-order valence-corrected chi connectivity index (χ4v) is 2.36. The number of rotatable bonds is 5. The van der Waals surface area contributed by atoms with Crippen molar-refractivity contribution in [2.45, 2.75) is 25.9 Å². The molecule has 0 bridgehead atoms. The van der Waals surface area contributed by atoms with Gasteiger partial charge in [-0.3, -0.25) is 0 Å². The molecule has 94 valence electrons. The Morgan fingerprint density at radius 1 is 1.47 bits per heavy atom. The summed E-state index contributed by atoms with van der Waals surface area (Å²) in [5.74, 6) is 1.23. The predicted molar refractivity (Wildman–Crippen MR) is 66.3 cm³/mol. The van der Waals surface area contributed by atoms with Gasteiger partial charge in [0.25, 0.3) is 0 Å². The molecule has 0 aromatic heterocycles. The van der Waals surface area contributed by atoms with E-state index in [1.54, 1.807) is 7.11 Å². The minimum absolute atomic E-state index is 0.340. The first-order valence-electron chi connectivity index (χ1n) is 6.14. The zero-order valence-electron chi connectivity index (χ0n) is 10.5. The van der Waals surface area contributed by atoms with Crippen LogP contribution >= 0.6 is 0 Å². The van der Waals surface area contributed by atoms with Crippen LogP contribution in [-0.4, -0.2) is 25.4 Å². The number of para-hydroxylation sites is 1. The highest BCUT2D eigenvalue weighted by molar-refractivity contribution is 5.45. The lowest BCUT2D eigenvalue weighted by Gasteiger charge is -2.18. The van der Waals surface area contributed by atoms with Crippen molar-refractivity contribution in [3.8, 4) is 5.75 Å². The third-order valence-corrected chi connectivity index (χ3v) is 3.18. The molecule has 2 unspecified atom stereocenters. The van der Waals surface area contributed by atoms with Crippen LogP contribution in [0.2, 0.25) is 0 Å². The molecule has 0 aliphatic carbocycles. The number of hydrogen-bond donors (Lipinski definition) is 1. The first kappa shape index (κ1) is 12.4. The molecule has 1 N–H and O–H groups in total. The van der Waals surface area contributed by atoms with Crippen molar-refractivity contribution < 1.29 is 14.6 Å². The van der Waals surface area contributed by atoms with E-state index in [-0.39, 0.29) is 0 Å². The monoisotopic (exact) mass is 236 g/mol. The summed E-state index contributed by atoms with van der Waals surface area (Å²) in [5.41, 5.74) is 2.13. The summed E-state index contributed by atoms with van der Waals surface area (Å²) in [5, 5.41) is 10.2. The van der Waals surface area contributed by atoms with Crippen LogP contribution in [-0.2, 0) is 11.2 Å². The molecule has 1 aromatic rings. The van der Waals surface area contributed by atoms with E-state index in [4.69, 9.17) is 9.47 Å². The van der Waals surface area contributed by atoms with Crippen molar-refractivity contribution in [1.82, 2.24) is 0 Å². The number of aliphatic hydroxyl groups is 1. The summed E-state index contributed by atoms with van der Waals surface area (Å²) in [7, 11) is 1.69. The molecule has 0 radical (unpaired) electrons. The second-order valence-corrected chi connectivity index (χ2v) is 4.75. The summed E-state index contributed by atoms with van der Waals surface area (Å²) < 4.78 is 10.7. The minimum atomic E-state index is -0.465. The normalized spacial score (nSPS) is 17.4. The fourth-order valence-electron chi connectivity index (χ4n) is 2.36. The lowest BCUT2D eigenvalue weighted by Crippen LogP contribution is -2.10. The molecule has 3 heteroatoms. The quantitative estimate of drug-likeness (QED) is 0.852. The standard InChI is InChI=1S/C14H20O3/c1-10(9-16-2)8-13(15)12-5-3-4-11-6-7-17-14(11)12/h3-5,10,13,15H,6-9H2,1-2H3. The molecule has 1 heterocycles. The lowest BCUT2D eigenvalue weighted by atomic mass is 9.96. The van der Waals surface area contributed by atoms with Gasteiger partial charge in [-0.05, 0) is 17.9 Å². The van der Waals surface area contributed by atoms with E-state index in [0.717, 1.165) is 24.3 Å². The van der Waals surface area contributed by atoms with Crippen molar-refractivity contribution in [2.75, 3.05) is 20.3 Å². The Hall–Kier alpha value is -1.06. The Morgan fingerprint density at radius 3 is 3.06 bits per heavy atom. The third kappa shape index (κ3) is 2.79. The number of benzene rings is 1. The summed E-state index contributed by atoms with van der Waals surface area (Å²) in [6.07, 6.45) is 1.19. The molecule has 0 saturated carbocycles. The van der Waals surface area contributed by atoms with E-state index in [1.807, 2.05) is 12.1 Å². The Kier molecular flexibility index (Phi) is 4.02. The highest BCUT2D eigenvalue weighted by Gasteiger charge is 2.21. The van der Waals surface area contributed by atoms with Crippen LogP contribution < -0.4 is 4.74 Å². The topological polar surface area (TPSA) is 38.7 Å². The number of hydrogen-bond acceptors (Lipinski definition) is 3. The minimum Gasteiger partial charge on any atom is -0.493 e. The molecular weight excluding hydrogens is 216 g/mol. The molecule has 0 fully saturated rings. The van der Waals surface area contributed by atoms with Crippen molar-refractivity contribution in [1.29, 1.82) is 0 Å². The van der Waals surface area contributed by atoms with E-state index in [0.29, 0.717) is 18.9 Å². The number of aliphatic hydroxyl groups excluding tert-OH is 1. The second-order valence-electron chi connectivity index (χ2n) is 4.75. The first-order chi connectivity index (χ1) is 8.22. The average Bonchev–Trinajstić information content (AvgIpc) is 2.76. The van der Waals surface area contributed by atoms with Crippen LogP contribution in [0.1, 0.15) is 30.6 Å². The first-order valence-corrected chi connectivity index (χ1v) is 6.14. The molecule has 3 nitrogen and oxygen atoms in total. The van der Waals surface area contributed by atoms with Gasteiger partial charge in [-0.15, -0.1) is 0 Å². The molecule has 1 aliphatic rings. The summed E-state index contributed by atoms with van der Waals surface area (Å²) in [6.45, 7) is 3.48. The Bertz CT molecular complexity index is 376. The molecule has 2 atom stereocenters. The SMILES string of the molecule is COCC(C)CC(O)c1cccc2c1OCC2. The van der Waals surface area contributed by atoms with Gasteiger partial charge in [-0.25, -0.2) is 0 Å². The Balaban J connectivity index is 2.09. The molecule has 17 heavy (non-hydrogen) atoms. The second kappa shape index (κ2) is 5.52. The van der Waals surface area contributed by atoms with Crippen LogP contribution in [0.15, 0.2) is 18.2 Å². The summed E-state index contributed by atoms with van der Waals surface area (Å²) in [4.78, 5) is 0. The van der Waals surface area contributed by atoms with Crippen molar-refractivity contribution in [3.05, 3.63) is 29.3 Å². The number of ether oxygens (including phenoxy) is 2. The zero-order valence-corrected chi connectivity index (χ0v) is 10.5. The van der Waals surface area contributed by atoms with Gasteiger partial charge in [0.1, 0.15) is 5.75 Å². The highest BCUT2D eigenvalue weighted by Crippen LogP contribution is 2.35. The highest BCUT2D eigenvalue weighted by atomic mass is 16.5. The maximum absolute atomic E-state index is 10.2. The third-order valence-electron chi connectivity index (χ3n) is 3.18. The van der Waals surface area contributed by atoms with Crippen LogP contribution in [0, 0.1) is 5.92 Å². The van der Waals surface area contributed by atoms with Gasteiger partial charge in [-0.2, -0.15) is 0 Å². The molecule has 0 spiro atoms. The van der Waals surface area contributed by atoms with Crippen LogP contribution in [0.5, 0.6) is 5.75 Å². The molecule has 1 aliphatic heterocycles. The molecule has 0 amide bonds. The van der Waals surface area contributed by atoms with Crippen LogP contribution in [0.25, 0.3) is 0 Å². The average molecular weight is 236 g/mol. The van der Waals surface area contributed by atoms with Gasteiger partial charge in [0.15, 0.2) is 0 Å². The van der Waals surface area contributed by atoms with Crippen molar-refractivity contribution >= 4 is 0 Å². The van der Waals surface area contributed by atoms with E-state index in [9.17, 15) is 5.11 Å². The largest absolute Gasteiger partial charge is 0.493 e. The molecular formula is C14H20O3. The van der Waals surface area contributed by atoms with E-state index >= 15 is 0 Å².